The maximum atomic E-state index is 12.7. The molecule has 3 aliphatic rings. The average Bonchev–Trinajstić information content (AvgIpc) is 3.62. The molecule has 2 saturated carbocycles. The van der Waals surface area contributed by atoms with Gasteiger partial charge >= 0.3 is 0 Å². The van der Waals surface area contributed by atoms with Crippen molar-refractivity contribution in [3.8, 4) is 11.5 Å². The summed E-state index contributed by atoms with van der Waals surface area (Å²) < 4.78 is 0. The summed E-state index contributed by atoms with van der Waals surface area (Å²) in [5.41, 5.74) is 0.298. The van der Waals surface area contributed by atoms with Crippen LogP contribution in [0.5, 0.6) is 11.5 Å². The average molecular weight is 463 g/mol. The molecule has 2 aromatic rings. The second kappa shape index (κ2) is 9.08. The maximum Gasteiger partial charge on any atom is 0.244 e. The van der Waals surface area contributed by atoms with Gasteiger partial charge in [0.2, 0.25) is 5.91 Å². The third-order valence-electron chi connectivity index (χ3n) is 7.99. The molecule has 2 aromatic carbocycles. The predicted molar refractivity (Wildman–Crippen MR) is 131 cm³/mol. The van der Waals surface area contributed by atoms with Crippen molar-refractivity contribution in [3.05, 3.63) is 65.7 Å². The molecule has 1 heterocycles. The second-order valence-electron chi connectivity index (χ2n) is 10.5. The molecule has 3 atom stereocenters. The van der Waals surface area contributed by atoms with Gasteiger partial charge in [0.25, 0.3) is 0 Å². The standard InChI is InChI=1S/C28H34N2O4/c31-24-5-1-3-20(15-24)9-10-26(33)29-23-11-12-28(34)19-30(18-21-7-8-21)14-13-27(28,17-23)22-4-2-6-25(32)16-22/h1-6,9-10,15-16,21,23,31-32,34H,7-8,11-14,17-19H2,(H,29,33). The van der Waals surface area contributed by atoms with Crippen molar-refractivity contribution in [2.24, 2.45) is 5.92 Å². The highest BCUT2D eigenvalue weighted by atomic mass is 16.3. The van der Waals surface area contributed by atoms with Gasteiger partial charge in [-0.15, -0.1) is 0 Å². The van der Waals surface area contributed by atoms with Gasteiger partial charge in [0.15, 0.2) is 0 Å². The zero-order valence-electron chi connectivity index (χ0n) is 19.5. The van der Waals surface area contributed by atoms with Gasteiger partial charge in [0, 0.05) is 30.6 Å². The number of likely N-dealkylation sites (tertiary alicyclic amines) is 1. The van der Waals surface area contributed by atoms with Crippen LogP contribution in [-0.2, 0) is 10.2 Å². The van der Waals surface area contributed by atoms with Gasteiger partial charge in [-0.3, -0.25) is 4.79 Å². The van der Waals surface area contributed by atoms with Gasteiger partial charge in [0.1, 0.15) is 11.5 Å². The number of phenolic OH excluding ortho intramolecular Hbond substituents is 2. The van der Waals surface area contributed by atoms with Crippen molar-refractivity contribution in [2.45, 2.75) is 55.6 Å². The molecule has 6 heteroatoms. The van der Waals surface area contributed by atoms with Crippen LogP contribution in [0.1, 0.15) is 49.7 Å². The summed E-state index contributed by atoms with van der Waals surface area (Å²) in [4.78, 5) is 15.1. The summed E-state index contributed by atoms with van der Waals surface area (Å²) in [7, 11) is 0. The predicted octanol–water partition coefficient (Wildman–Crippen LogP) is 3.56. The number of β-amino-alcohol motifs (C(OH)–C–C–N with tert-alkyl or cyclic N) is 1. The molecule has 6 nitrogen and oxygen atoms in total. The van der Waals surface area contributed by atoms with Crippen LogP contribution < -0.4 is 5.32 Å². The third kappa shape index (κ3) is 4.70. The van der Waals surface area contributed by atoms with Gasteiger partial charge in [-0.25, -0.2) is 0 Å². The van der Waals surface area contributed by atoms with Crippen molar-refractivity contribution in [3.63, 3.8) is 0 Å². The monoisotopic (exact) mass is 462 g/mol. The molecular formula is C28H34N2O4. The summed E-state index contributed by atoms with van der Waals surface area (Å²) in [6, 6.07) is 14.0. The van der Waals surface area contributed by atoms with E-state index < -0.39 is 11.0 Å². The number of carbonyl (C=O) groups excluding carboxylic acids is 1. The molecule has 2 aliphatic carbocycles. The Morgan fingerprint density at radius 2 is 1.82 bits per heavy atom. The van der Waals surface area contributed by atoms with Gasteiger partial charge in [-0.1, -0.05) is 24.3 Å². The quantitative estimate of drug-likeness (QED) is 0.493. The van der Waals surface area contributed by atoms with Gasteiger partial charge in [0.05, 0.1) is 5.60 Å². The smallest absolute Gasteiger partial charge is 0.244 e. The van der Waals surface area contributed by atoms with E-state index in [2.05, 4.69) is 10.2 Å². The van der Waals surface area contributed by atoms with Crippen molar-refractivity contribution < 1.29 is 20.1 Å². The number of hydrogen-bond acceptors (Lipinski definition) is 5. The van der Waals surface area contributed by atoms with E-state index in [-0.39, 0.29) is 23.4 Å². The number of rotatable bonds is 6. The minimum Gasteiger partial charge on any atom is -0.508 e. The molecule has 5 rings (SSSR count). The Bertz CT molecular complexity index is 1080. The minimum atomic E-state index is -0.896. The van der Waals surface area contributed by atoms with Crippen molar-refractivity contribution in [1.29, 1.82) is 0 Å². The Labute approximate surface area is 200 Å². The minimum absolute atomic E-state index is 0.0704. The molecule has 180 valence electrons. The first-order valence-corrected chi connectivity index (χ1v) is 12.4. The Morgan fingerprint density at radius 1 is 1.06 bits per heavy atom. The van der Waals surface area contributed by atoms with Crippen molar-refractivity contribution >= 4 is 12.0 Å². The summed E-state index contributed by atoms with van der Waals surface area (Å²) in [5, 5.41) is 35.0. The van der Waals surface area contributed by atoms with Crippen molar-refractivity contribution in [1.82, 2.24) is 10.2 Å². The molecule has 0 spiro atoms. The molecule has 1 saturated heterocycles. The number of hydrogen-bond donors (Lipinski definition) is 4. The van der Waals surface area contributed by atoms with Crippen LogP contribution in [0.15, 0.2) is 54.6 Å². The van der Waals surface area contributed by atoms with Crippen LogP contribution in [-0.4, -0.2) is 57.4 Å². The molecule has 1 amide bonds. The summed E-state index contributed by atoms with van der Waals surface area (Å²) >= 11 is 0. The first-order valence-electron chi connectivity index (χ1n) is 12.4. The van der Waals surface area contributed by atoms with E-state index in [1.807, 2.05) is 18.2 Å². The highest BCUT2D eigenvalue weighted by Gasteiger charge is 2.57. The van der Waals surface area contributed by atoms with Gasteiger partial charge < -0.3 is 25.5 Å². The first kappa shape index (κ1) is 22.9. The number of benzene rings is 2. The number of fused-ring (bicyclic) bond motifs is 1. The molecule has 3 unspecified atom stereocenters. The van der Waals surface area contributed by atoms with E-state index in [0.29, 0.717) is 25.8 Å². The van der Waals surface area contributed by atoms with Crippen LogP contribution in [0.2, 0.25) is 0 Å². The van der Waals surface area contributed by atoms with Crippen LogP contribution in [0.25, 0.3) is 6.08 Å². The lowest BCUT2D eigenvalue weighted by Gasteiger charge is -2.58. The molecule has 1 aliphatic heterocycles. The Hall–Kier alpha value is -2.83. The van der Waals surface area contributed by atoms with Crippen LogP contribution in [0.4, 0.5) is 0 Å². The van der Waals surface area contributed by atoms with E-state index in [1.54, 1.807) is 36.4 Å². The Kier molecular flexibility index (Phi) is 6.13. The molecule has 4 N–H and O–H groups in total. The Morgan fingerprint density at radius 3 is 2.56 bits per heavy atom. The van der Waals surface area contributed by atoms with E-state index in [9.17, 15) is 20.1 Å². The number of carbonyl (C=O) groups is 1. The molecular weight excluding hydrogens is 428 g/mol. The highest BCUT2D eigenvalue weighted by molar-refractivity contribution is 5.92. The molecule has 0 radical (unpaired) electrons. The van der Waals surface area contributed by atoms with Crippen LogP contribution >= 0.6 is 0 Å². The molecule has 0 aromatic heterocycles. The highest BCUT2D eigenvalue weighted by Crippen LogP contribution is 2.52. The number of piperidine rings is 1. The molecule has 34 heavy (non-hydrogen) atoms. The van der Waals surface area contributed by atoms with E-state index in [0.717, 1.165) is 36.6 Å². The fraction of sp³-hybridized carbons (Fsp3) is 0.464. The number of aromatic hydroxyl groups is 2. The van der Waals surface area contributed by atoms with E-state index in [4.69, 9.17) is 0 Å². The number of nitrogens with zero attached hydrogens (tertiary/aromatic N) is 1. The second-order valence-corrected chi connectivity index (χ2v) is 10.5. The SMILES string of the molecule is O=C(C=Cc1cccc(O)c1)NC1CCC2(O)CN(CC3CC3)CCC2(c2cccc(O)c2)C1. The topological polar surface area (TPSA) is 93.0 Å². The lowest BCUT2D eigenvalue weighted by Crippen LogP contribution is -2.67. The maximum absolute atomic E-state index is 12.7. The number of nitrogens with one attached hydrogen (secondary N) is 1. The van der Waals surface area contributed by atoms with Gasteiger partial charge in [-0.2, -0.15) is 0 Å². The lowest BCUT2D eigenvalue weighted by atomic mass is 9.55. The summed E-state index contributed by atoms with van der Waals surface area (Å²) in [6.45, 7) is 2.60. The number of aliphatic hydroxyl groups is 1. The Balaban J connectivity index is 1.35. The van der Waals surface area contributed by atoms with Crippen molar-refractivity contribution in [2.75, 3.05) is 19.6 Å². The number of amides is 1. The van der Waals surface area contributed by atoms with E-state index >= 15 is 0 Å². The summed E-state index contributed by atoms with van der Waals surface area (Å²) in [5.74, 6) is 0.951. The largest absolute Gasteiger partial charge is 0.508 e. The lowest BCUT2D eigenvalue weighted by molar-refractivity contribution is -0.132. The summed E-state index contributed by atoms with van der Waals surface area (Å²) in [6.07, 6.45) is 8.50. The zero-order valence-corrected chi connectivity index (χ0v) is 19.5. The van der Waals surface area contributed by atoms with Gasteiger partial charge in [-0.05, 0) is 92.5 Å². The van der Waals surface area contributed by atoms with Crippen LogP contribution in [0, 0.1) is 5.92 Å². The van der Waals surface area contributed by atoms with E-state index in [1.165, 1.54) is 18.9 Å². The third-order valence-corrected chi connectivity index (χ3v) is 7.99. The molecule has 0 bridgehead atoms. The normalized spacial score (nSPS) is 29.6. The first-order chi connectivity index (χ1) is 16.3. The fourth-order valence-corrected chi connectivity index (χ4v) is 6.06. The molecule has 3 fully saturated rings. The zero-order chi connectivity index (χ0) is 23.8. The van der Waals surface area contributed by atoms with Crippen LogP contribution in [0.3, 0.4) is 0 Å². The number of phenols is 2. The fourth-order valence-electron chi connectivity index (χ4n) is 6.06.